The third-order valence-electron chi connectivity index (χ3n) is 3.98. The summed E-state index contributed by atoms with van der Waals surface area (Å²) in [6.07, 6.45) is 1.62. The topological polar surface area (TPSA) is 88.0 Å². The zero-order valence-electron chi connectivity index (χ0n) is 15.8. The SMILES string of the molecule is CCOC(=O)COc1c(Cl)cc(C=C(C#N)c2nc3ccc(C)cc3[nH]2)cc1Cl. The van der Waals surface area contributed by atoms with Gasteiger partial charge < -0.3 is 14.5 Å². The van der Waals surface area contributed by atoms with Gasteiger partial charge in [0.25, 0.3) is 0 Å². The summed E-state index contributed by atoms with van der Waals surface area (Å²) >= 11 is 12.5. The van der Waals surface area contributed by atoms with Gasteiger partial charge in [-0.15, -0.1) is 0 Å². The molecule has 0 saturated carbocycles. The molecule has 148 valence electrons. The Kier molecular flexibility index (Phi) is 6.42. The van der Waals surface area contributed by atoms with Crippen LogP contribution in [-0.2, 0) is 9.53 Å². The minimum atomic E-state index is -0.518. The highest BCUT2D eigenvalue weighted by atomic mass is 35.5. The van der Waals surface area contributed by atoms with Gasteiger partial charge in [0.1, 0.15) is 11.9 Å². The van der Waals surface area contributed by atoms with E-state index in [-0.39, 0.29) is 29.0 Å². The molecule has 0 fully saturated rings. The molecule has 1 N–H and O–H groups in total. The molecule has 0 saturated heterocycles. The van der Waals surface area contributed by atoms with Gasteiger partial charge in [-0.2, -0.15) is 5.26 Å². The molecular formula is C21H17Cl2N3O3. The van der Waals surface area contributed by atoms with Crippen molar-refractivity contribution in [1.29, 1.82) is 5.26 Å². The predicted octanol–water partition coefficient (Wildman–Crippen LogP) is 5.18. The number of imidazole rings is 1. The normalized spacial score (nSPS) is 11.3. The Morgan fingerprint density at radius 2 is 2.00 bits per heavy atom. The van der Waals surface area contributed by atoms with E-state index < -0.39 is 5.97 Å². The van der Waals surface area contributed by atoms with Gasteiger partial charge in [0, 0.05) is 0 Å². The third kappa shape index (κ3) is 4.89. The van der Waals surface area contributed by atoms with Gasteiger partial charge in [0.2, 0.25) is 0 Å². The molecule has 6 nitrogen and oxygen atoms in total. The summed E-state index contributed by atoms with van der Waals surface area (Å²) in [5.74, 6) is 0.106. The van der Waals surface area contributed by atoms with E-state index in [1.807, 2.05) is 25.1 Å². The Morgan fingerprint density at radius 3 is 2.66 bits per heavy atom. The molecule has 0 atom stereocenters. The van der Waals surface area contributed by atoms with Crippen molar-refractivity contribution in [3.63, 3.8) is 0 Å². The fourth-order valence-corrected chi connectivity index (χ4v) is 3.32. The van der Waals surface area contributed by atoms with Gasteiger partial charge in [0.05, 0.1) is 33.3 Å². The average molecular weight is 430 g/mol. The van der Waals surface area contributed by atoms with Crippen molar-refractivity contribution in [3.05, 3.63) is 57.3 Å². The third-order valence-corrected chi connectivity index (χ3v) is 4.55. The summed E-state index contributed by atoms with van der Waals surface area (Å²) < 4.78 is 10.2. The number of hydrogen-bond acceptors (Lipinski definition) is 5. The number of benzene rings is 2. The maximum Gasteiger partial charge on any atom is 0.344 e. The van der Waals surface area contributed by atoms with Crippen LogP contribution in [0.5, 0.6) is 5.75 Å². The second-order valence-corrected chi connectivity index (χ2v) is 7.00. The number of hydrogen-bond donors (Lipinski definition) is 1. The zero-order chi connectivity index (χ0) is 21.0. The minimum absolute atomic E-state index is 0.177. The van der Waals surface area contributed by atoms with Crippen molar-refractivity contribution in [2.45, 2.75) is 13.8 Å². The van der Waals surface area contributed by atoms with Crippen LogP contribution < -0.4 is 4.74 Å². The summed E-state index contributed by atoms with van der Waals surface area (Å²) in [5.41, 5.74) is 3.63. The summed E-state index contributed by atoms with van der Waals surface area (Å²) in [7, 11) is 0. The molecule has 0 aliphatic heterocycles. The van der Waals surface area contributed by atoms with Crippen molar-refractivity contribution in [2.75, 3.05) is 13.2 Å². The molecule has 1 aromatic heterocycles. The number of aromatic amines is 1. The van der Waals surface area contributed by atoms with E-state index in [1.165, 1.54) is 0 Å². The first-order valence-electron chi connectivity index (χ1n) is 8.77. The van der Waals surface area contributed by atoms with Crippen LogP contribution in [0.3, 0.4) is 0 Å². The second-order valence-electron chi connectivity index (χ2n) is 6.18. The van der Waals surface area contributed by atoms with Crippen LogP contribution in [0, 0.1) is 18.3 Å². The van der Waals surface area contributed by atoms with E-state index in [1.54, 1.807) is 25.1 Å². The number of allylic oxidation sites excluding steroid dienone is 1. The van der Waals surface area contributed by atoms with Crippen molar-refractivity contribution in [3.8, 4) is 11.8 Å². The predicted molar refractivity (Wildman–Crippen MR) is 113 cm³/mol. The number of carbonyl (C=O) groups is 1. The standard InChI is InChI=1S/C21H17Cl2N3O3/c1-3-28-19(27)11-29-20-15(22)8-13(9-16(20)23)7-14(10-24)21-25-17-5-4-12(2)6-18(17)26-21/h4-9H,3,11H2,1-2H3,(H,25,26). The fraction of sp³-hybridized carbons (Fsp3) is 0.190. The highest BCUT2D eigenvalue weighted by Gasteiger charge is 2.13. The number of esters is 1. The van der Waals surface area contributed by atoms with Gasteiger partial charge in [0.15, 0.2) is 12.4 Å². The fourth-order valence-electron chi connectivity index (χ4n) is 2.71. The van der Waals surface area contributed by atoms with Crippen LogP contribution in [0.1, 0.15) is 23.9 Å². The Balaban J connectivity index is 1.89. The van der Waals surface area contributed by atoms with Crippen LogP contribution in [0.4, 0.5) is 0 Å². The molecule has 0 radical (unpaired) electrons. The Morgan fingerprint density at radius 1 is 1.28 bits per heavy atom. The maximum atomic E-state index is 11.5. The first kappa shape index (κ1) is 20.7. The number of fused-ring (bicyclic) bond motifs is 1. The number of H-pyrrole nitrogens is 1. The molecule has 0 aliphatic carbocycles. The molecule has 29 heavy (non-hydrogen) atoms. The van der Waals surface area contributed by atoms with E-state index in [9.17, 15) is 10.1 Å². The van der Waals surface area contributed by atoms with Crippen LogP contribution in [0.2, 0.25) is 10.0 Å². The highest BCUT2D eigenvalue weighted by molar-refractivity contribution is 6.37. The van der Waals surface area contributed by atoms with Crippen molar-refractivity contribution < 1.29 is 14.3 Å². The number of nitriles is 1. The lowest BCUT2D eigenvalue weighted by Gasteiger charge is -2.10. The van der Waals surface area contributed by atoms with E-state index in [2.05, 4.69) is 16.0 Å². The second kappa shape index (κ2) is 8.99. The number of nitrogens with one attached hydrogen (secondary N) is 1. The number of ether oxygens (including phenoxy) is 2. The van der Waals surface area contributed by atoms with E-state index >= 15 is 0 Å². The van der Waals surface area contributed by atoms with Crippen molar-refractivity contribution in [1.82, 2.24) is 9.97 Å². The average Bonchev–Trinajstić information content (AvgIpc) is 3.08. The number of carbonyl (C=O) groups excluding carboxylic acids is 1. The smallest absolute Gasteiger partial charge is 0.344 e. The van der Waals surface area contributed by atoms with Crippen LogP contribution in [0.15, 0.2) is 30.3 Å². The van der Waals surface area contributed by atoms with E-state index in [0.717, 1.165) is 16.6 Å². The first-order chi connectivity index (χ1) is 13.9. The lowest BCUT2D eigenvalue weighted by atomic mass is 10.1. The number of aryl methyl sites for hydroxylation is 1. The van der Waals surface area contributed by atoms with Crippen LogP contribution in [0.25, 0.3) is 22.7 Å². The first-order valence-corrected chi connectivity index (χ1v) is 9.53. The molecular weight excluding hydrogens is 413 g/mol. The summed E-state index contributed by atoms with van der Waals surface area (Å²) in [6.45, 7) is 3.64. The zero-order valence-corrected chi connectivity index (χ0v) is 17.3. The molecule has 2 aromatic carbocycles. The molecule has 0 unspecified atom stereocenters. The molecule has 0 bridgehead atoms. The maximum absolute atomic E-state index is 11.5. The highest BCUT2D eigenvalue weighted by Crippen LogP contribution is 2.35. The van der Waals surface area contributed by atoms with Crippen LogP contribution >= 0.6 is 23.2 Å². The summed E-state index contributed by atoms with van der Waals surface area (Å²) in [6, 6.07) is 11.1. The van der Waals surface area contributed by atoms with Gasteiger partial charge >= 0.3 is 5.97 Å². The Labute approximate surface area is 177 Å². The molecule has 8 heteroatoms. The van der Waals surface area contributed by atoms with Gasteiger partial charge in [-0.3, -0.25) is 0 Å². The quantitative estimate of drug-likeness (QED) is 0.430. The molecule has 3 rings (SSSR count). The Bertz CT molecular complexity index is 1120. The van der Waals surface area contributed by atoms with Crippen molar-refractivity contribution in [2.24, 2.45) is 0 Å². The van der Waals surface area contributed by atoms with Gasteiger partial charge in [-0.1, -0.05) is 29.3 Å². The molecule has 3 aromatic rings. The largest absolute Gasteiger partial charge is 0.479 e. The number of halogens is 2. The minimum Gasteiger partial charge on any atom is -0.479 e. The lowest BCUT2D eigenvalue weighted by Crippen LogP contribution is -2.14. The van der Waals surface area contributed by atoms with E-state index in [0.29, 0.717) is 17.0 Å². The van der Waals surface area contributed by atoms with Crippen molar-refractivity contribution >= 4 is 51.9 Å². The number of nitrogens with zero attached hydrogens (tertiary/aromatic N) is 2. The molecule has 0 aliphatic rings. The molecule has 0 amide bonds. The molecule has 0 spiro atoms. The van der Waals surface area contributed by atoms with E-state index in [4.69, 9.17) is 32.7 Å². The molecule has 1 heterocycles. The van der Waals surface area contributed by atoms with Crippen LogP contribution in [-0.4, -0.2) is 29.2 Å². The lowest BCUT2D eigenvalue weighted by molar-refractivity contribution is -0.145. The van der Waals surface area contributed by atoms with Gasteiger partial charge in [-0.25, -0.2) is 9.78 Å². The number of aromatic nitrogens is 2. The Hall–Kier alpha value is -3.01. The summed E-state index contributed by atoms with van der Waals surface area (Å²) in [4.78, 5) is 19.1. The summed E-state index contributed by atoms with van der Waals surface area (Å²) in [5, 5.41) is 10.0. The van der Waals surface area contributed by atoms with Gasteiger partial charge in [-0.05, 0) is 55.3 Å². The number of rotatable bonds is 6. The monoisotopic (exact) mass is 429 g/mol.